The van der Waals surface area contributed by atoms with Crippen molar-refractivity contribution in [3.63, 3.8) is 0 Å². The third-order valence-electron chi connectivity index (χ3n) is 7.78. The number of carbonyl (C=O) groups excluding carboxylic acids is 1. The summed E-state index contributed by atoms with van der Waals surface area (Å²) in [5.41, 5.74) is 1.66. The fourth-order valence-corrected chi connectivity index (χ4v) is 7.06. The molecule has 7 rings (SSSR count). The van der Waals surface area contributed by atoms with E-state index in [0.29, 0.717) is 11.6 Å². The van der Waals surface area contributed by atoms with Crippen LogP contribution in [-0.2, 0) is 0 Å². The Morgan fingerprint density at radius 2 is 1.70 bits per heavy atom. The first kappa shape index (κ1) is 16.1. The Bertz CT molecular complexity index is 860. The largest absolute Gasteiger partial charge is 0.347 e. The van der Waals surface area contributed by atoms with Crippen molar-refractivity contribution < 1.29 is 4.79 Å². The Kier molecular flexibility index (Phi) is 3.45. The van der Waals surface area contributed by atoms with Crippen molar-refractivity contribution in [1.29, 1.82) is 0 Å². The number of pyridine rings is 1. The van der Waals surface area contributed by atoms with Crippen LogP contribution in [0.25, 0.3) is 11.0 Å². The Morgan fingerprint density at radius 3 is 2.37 bits per heavy atom. The topological polar surface area (TPSA) is 59.8 Å². The van der Waals surface area contributed by atoms with Crippen LogP contribution < -0.4 is 5.32 Å². The van der Waals surface area contributed by atoms with Crippen LogP contribution >= 0.6 is 0 Å². The lowest BCUT2D eigenvalue weighted by Gasteiger charge is -2.56. The number of amides is 1. The molecule has 0 radical (unpaired) electrons. The third-order valence-corrected chi connectivity index (χ3v) is 7.78. The maximum atomic E-state index is 13.1. The molecule has 1 N–H and O–H groups in total. The molecule has 5 aliphatic rings. The zero-order chi connectivity index (χ0) is 18.0. The van der Waals surface area contributed by atoms with E-state index in [4.69, 9.17) is 0 Å². The van der Waals surface area contributed by atoms with Crippen LogP contribution in [0.15, 0.2) is 18.5 Å². The molecule has 0 unspecified atom stereocenters. The van der Waals surface area contributed by atoms with Gasteiger partial charge in [-0.15, -0.1) is 0 Å². The maximum Gasteiger partial charge on any atom is 0.253 e. The zero-order valence-electron chi connectivity index (χ0n) is 15.9. The first-order chi connectivity index (χ1) is 13.2. The lowest BCUT2D eigenvalue weighted by Crippen LogP contribution is -2.59. The van der Waals surface area contributed by atoms with Gasteiger partial charge in [-0.25, -0.2) is 9.67 Å². The molecule has 1 amide bonds. The van der Waals surface area contributed by atoms with Crippen LogP contribution in [-0.4, -0.2) is 26.2 Å². The SMILES string of the molecule is O=C(NC12CC3CC(CC(C3)C1)C2)c1cnc2c(cnn2C2CCCC2)c1. The van der Waals surface area contributed by atoms with Gasteiger partial charge in [0.05, 0.1) is 17.8 Å². The first-order valence-electron chi connectivity index (χ1n) is 10.8. The molecule has 5 nitrogen and oxygen atoms in total. The molecule has 5 aliphatic carbocycles. The van der Waals surface area contributed by atoms with Gasteiger partial charge in [0.15, 0.2) is 5.65 Å². The smallest absolute Gasteiger partial charge is 0.253 e. The number of aromatic nitrogens is 3. The predicted octanol–water partition coefficient (Wildman–Crippen LogP) is 4.25. The Morgan fingerprint density at radius 1 is 1.04 bits per heavy atom. The van der Waals surface area contributed by atoms with Gasteiger partial charge in [-0.1, -0.05) is 12.8 Å². The van der Waals surface area contributed by atoms with Crippen molar-refractivity contribution in [1.82, 2.24) is 20.1 Å². The van der Waals surface area contributed by atoms with Crippen molar-refractivity contribution in [2.45, 2.75) is 75.8 Å². The van der Waals surface area contributed by atoms with E-state index < -0.39 is 0 Å². The zero-order valence-corrected chi connectivity index (χ0v) is 15.9. The van der Waals surface area contributed by atoms with E-state index in [9.17, 15) is 4.79 Å². The van der Waals surface area contributed by atoms with E-state index in [2.05, 4.69) is 20.1 Å². The van der Waals surface area contributed by atoms with Gasteiger partial charge in [0.1, 0.15) is 0 Å². The van der Waals surface area contributed by atoms with Gasteiger partial charge in [-0.05, 0) is 75.2 Å². The molecule has 5 heteroatoms. The first-order valence-corrected chi connectivity index (χ1v) is 10.8. The molecule has 27 heavy (non-hydrogen) atoms. The van der Waals surface area contributed by atoms with Crippen LogP contribution in [0, 0.1) is 17.8 Å². The highest BCUT2D eigenvalue weighted by molar-refractivity contribution is 5.97. The average molecular weight is 364 g/mol. The third kappa shape index (κ3) is 2.61. The van der Waals surface area contributed by atoms with Gasteiger partial charge in [0.2, 0.25) is 0 Å². The molecule has 0 saturated heterocycles. The average Bonchev–Trinajstić information content (AvgIpc) is 3.28. The predicted molar refractivity (Wildman–Crippen MR) is 103 cm³/mol. The van der Waals surface area contributed by atoms with E-state index in [-0.39, 0.29) is 11.4 Å². The second-order valence-electron chi connectivity index (χ2n) is 9.82. The Hall–Kier alpha value is -1.91. The standard InChI is InChI=1S/C22H28N4O/c27-21(25-22-9-14-5-15(10-22)7-16(6-14)11-22)18-8-17-13-24-26(20(17)23-12-18)19-3-1-2-4-19/h8,12-16,19H,1-7,9-11H2,(H,25,27). The summed E-state index contributed by atoms with van der Waals surface area (Å²) in [5.74, 6) is 2.56. The highest BCUT2D eigenvalue weighted by Gasteiger charge is 2.51. The number of hydrogen-bond acceptors (Lipinski definition) is 3. The van der Waals surface area contributed by atoms with Gasteiger partial charge in [-0.3, -0.25) is 4.79 Å². The molecule has 2 aromatic rings. The Balaban J connectivity index is 1.25. The van der Waals surface area contributed by atoms with Crippen molar-refractivity contribution in [3.8, 4) is 0 Å². The molecule has 2 aromatic heterocycles. The summed E-state index contributed by atoms with van der Waals surface area (Å²) in [6.07, 6.45) is 16.3. The van der Waals surface area contributed by atoms with Crippen LogP contribution in [0.2, 0.25) is 0 Å². The molecule has 5 fully saturated rings. The molecular weight excluding hydrogens is 336 g/mol. The number of nitrogens with zero attached hydrogens (tertiary/aromatic N) is 3. The normalized spacial score (nSPS) is 35.2. The second-order valence-corrected chi connectivity index (χ2v) is 9.82. The van der Waals surface area contributed by atoms with Gasteiger partial charge < -0.3 is 5.32 Å². The molecule has 142 valence electrons. The van der Waals surface area contributed by atoms with Crippen molar-refractivity contribution in [2.24, 2.45) is 17.8 Å². The van der Waals surface area contributed by atoms with Gasteiger partial charge >= 0.3 is 0 Å². The van der Waals surface area contributed by atoms with Gasteiger partial charge in [0.25, 0.3) is 5.91 Å². The summed E-state index contributed by atoms with van der Waals surface area (Å²) in [6.45, 7) is 0. The summed E-state index contributed by atoms with van der Waals surface area (Å²) < 4.78 is 2.07. The second kappa shape index (κ2) is 5.79. The van der Waals surface area contributed by atoms with E-state index in [0.717, 1.165) is 28.8 Å². The highest BCUT2D eigenvalue weighted by atomic mass is 16.1. The number of nitrogens with one attached hydrogen (secondary N) is 1. The van der Waals surface area contributed by atoms with Crippen LogP contribution in [0.3, 0.4) is 0 Å². The molecule has 0 atom stereocenters. The van der Waals surface area contributed by atoms with Crippen molar-refractivity contribution in [3.05, 3.63) is 24.0 Å². The number of hydrogen-bond donors (Lipinski definition) is 1. The summed E-state index contributed by atoms with van der Waals surface area (Å²) >= 11 is 0. The van der Waals surface area contributed by atoms with Crippen LogP contribution in [0.5, 0.6) is 0 Å². The molecule has 5 saturated carbocycles. The fourth-order valence-electron chi connectivity index (χ4n) is 7.06. The quantitative estimate of drug-likeness (QED) is 0.886. The number of rotatable bonds is 3. The van der Waals surface area contributed by atoms with Crippen LogP contribution in [0.4, 0.5) is 0 Å². The highest BCUT2D eigenvalue weighted by Crippen LogP contribution is 2.55. The number of carbonyl (C=O) groups is 1. The van der Waals surface area contributed by atoms with E-state index in [1.54, 1.807) is 6.20 Å². The minimum Gasteiger partial charge on any atom is -0.347 e. The minimum absolute atomic E-state index is 0.0504. The fraction of sp³-hybridized carbons (Fsp3) is 0.682. The van der Waals surface area contributed by atoms with E-state index in [1.807, 2.05) is 12.3 Å². The lowest BCUT2D eigenvalue weighted by molar-refractivity contribution is -0.0167. The summed E-state index contributed by atoms with van der Waals surface area (Å²) in [4.78, 5) is 17.7. The van der Waals surface area contributed by atoms with Crippen LogP contribution in [0.1, 0.15) is 80.6 Å². The molecule has 2 heterocycles. The van der Waals surface area contributed by atoms with Crippen molar-refractivity contribution >= 4 is 16.9 Å². The molecule has 0 aromatic carbocycles. The summed E-state index contributed by atoms with van der Waals surface area (Å²) in [5, 5.41) is 9.03. The maximum absolute atomic E-state index is 13.1. The molecule has 0 aliphatic heterocycles. The molecule has 4 bridgehead atoms. The summed E-state index contributed by atoms with van der Waals surface area (Å²) in [6, 6.07) is 2.46. The molecule has 0 spiro atoms. The summed E-state index contributed by atoms with van der Waals surface area (Å²) in [7, 11) is 0. The van der Waals surface area contributed by atoms with Gasteiger partial charge in [-0.2, -0.15) is 5.10 Å². The monoisotopic (exact) mass is 364 g/mol. The van der Waals surface area contributed by atoms with Crippen molar-refractivity contribution in [2.75, 3.05) is 0 Å². The minimum atomic E-state index is 0.0504. The van der Waals surface area contributed by atoms with E-state index in [1.165, 1.54) is 64.2 Å². The Labute approximate surface area is 159 Å². The molecular formula is C22H28N4O. The lowest BCUT2D eigenvalue weighted by atomic mass is 9.53. The van der Waals surface area contributed by atoms with E-state index >= 15 is 0 Å². The number of fused-ring (bicyclic) bond motifs is 1. The van der Waals surface area contributed by atoms with Gasteiger partial charge in [0, 0.05) is 17.1 Å².